The Bertz CT molecular complexity index is 1060. The Balaban J connectivity index is 1.39. The molecule has 8 heteroatoms. The van der Waals surface area contributed by atoms with Gasteiger partial charge in [-0.2, -0.15) is 0 Å². The number of carbonyl (C=O) groups excluding carboxylic acids is 2. The molecule has 6 nitrogen and oxygen atoms in total. The van der Waals surface area contributed by atoms with Gasteiger partial charge in [-0.05, 0) is 36.8 Å². The van der Waals surface area contributed by atoms with Crippen molar-refractivity contribution in [1.82, 2.24) is 14.8 Å². The van der Waals surface area contributed by atoms with E-state index in [1.807, 2.05) is 5.38 Å². The van der Waals surface area contributed by atoms with Crippen molar-refractivity contribution >= 4 is 23.2 Å². The molecule has 1 aliphatic heterocycles. The van der Waals surface area contributed by atoms with Crippen LogP contribution in [0.5, 0.6) is 5.75 Å². The van der Waals surface area contributed by atoms with Gasteiger partial charge in [-0.3, -0.25) is 9.59 Å². The van der Waals surface area contributed by atoms with Crippen LogP contribution in [-0.4, -0.2) is 52.8 Å². The smallest absolute Gasteiger partial charge is 0.256 e. The van der Waals surface area contributed by atoms with Gasteiger partial charge in [-0.1, -0.05) is 18.2 Å². The van der Waals surface area contributed by atoms with E-state index in [1.165, 1.54) is 23.5 Å². The number of nitrogens with zero attached hydrogens (tertiary/aromatic N) is 3. The third-order valence-electron chi connectivity index (χ3n) is 5.13. The van der Waals surface area contributed by atoms with Crippen molar-refractivity contribution in [3.8, 4) is 5.75 Å². The fourth-order valence-corrected chi connectivity index (χ4v) is 4.04. The van der Waals surface area contributed by atoms with E-state index in [2.05, 4.69) is 4.98 Å². The molecule has 0 unspecified atom stereocenters. The second kappa shape index (κ2) is 9.70. The summed E-state index contributed by atoms with van der Waals surface area (Å²) < 4.78 is 19.7. The Hall–Kier alpha value is -3.26. The molecule has 160 valence electrons. The standard InChI is InChI=1S/C23H22FN3O3S/c24-21-8-2-1-7-20(21)23(29)27-10-4-9-26(11-12-27)22(28)17-5-3-6-19(13-17)30-14-18-15-31-16-25-18/h1-3,5-8,13,15-16H,4,9-12,14H2. The molecule has 0 atom stereocenters. The molecule has 31 heavy (non-hydrogen) atoms. The van der Waals surface area contributed by atoms with Crippen LogP contribution in [0.3, 0.4) is 0 Å². The molecule has 1 aromatic heterocycles. The second-order valence-electron chi connectivity index (χ2n) is 7.21. The van der Waals surface area contributed by atoms with Gasteiger partial charge < -0.3 is 14.5 Å². The number of amides is 2. The predicted molar refractivity (Wildman–Crippen MR) is 116 cm³/mol. The van der Waals surface area contributed by atoms with Gasteiger partial charge in [-0.15, -0.1) is 11.3 Å². The van der Waals surface area contributed by atoms with Crippen LogP contribution in [0.25, 0.3) is 0 Å². The van der Waals surface area contributed by atoms with Crippen LogP contribution >= 0.6 is 11.3 Å². The average Bonchev–Trinajstić information content (AvgIpc) is 3.20. The highest BCUT2D eigenvalue weighted by Gasteiger charge is 2.25. The summed E-state index contributed by atoms with van der Waals surface area (Å²) in [5.74, 6) is -0.381. The van der Waals surface area contributed by atoms with Gasteiger partial charge in [0.25, 0.3) is 11.8 Å². The Morgan fingerprint density at radius 2 is 1.77 bits per heavy atom. The lowest BCUT2D eigenvalue weighted by molar-refractivity contribution is 0.0716. The van der Waals surface area contributed by atoms with E-state index in [0.29, 0.717) is 50.5 Å². The summed E-state index contributed by atoms with van der Waals surface area (Å²) in [7, 11) is 0. The lowest BCUT2D eigenvalue weighted by Gasteiger charge is -2.22. The average molecular weight is 440 g/mol. The van der Waals surface area contributed by atoms with Gasteiger partial charge >= 0.3 is 0 Å². The zero-order valence-corrected chi connectivity index (χ0v) is 17.7. The minimum Gasteiger partial charge on any atom is -0.487 e. The molecular formula is C23H22FN3O3S. The van der Waals surface area contributed by atoms with Gasteiger partial charge in [-0.25, -0.2) is 9.37 Å². The van der Waals surface area contributed by atoms with Crippen LogP contribution in [-0.2, 0) is 6.61 Å². The fraction of sp³-hybridized carbons (Fsp3) is 0.261. The highest BCUT2D eigenvalue weighted by molar-refractivity contribution is 7.07. The number of hydrogen-bond donors (Lipinski definition) is 0. The zero-order chi connectivity index (χ0) is 21.6. The molecule has 1 aliphatic rings. The predicted octanol–water partition coefficient (Wildman–Crippen LogP) is 3.85. The summed E-state index contributed by atoms with van der Waals surface area (Å²) >= 11 is 1.50. The van der Waals surface area contributed by atoms with Crippen LogP contribution < -0.4 is 4.74 Å². The maximum absolute atomic E-state index is 14.0. The number of carbonyl (C=O) groups is 2. The van der Waals surface area contributed by atoms with E-state index in [1.54, 1.807) is 51.7 Å². The highest BCUT2D eigenvalue weighted by atomic mass is 32.1. The van der Waals surface area contributed by atoms with Crippen molar-refractivity contribution in [2.24, 2.45) is 0 Å². The second-order valence-corrected chi connectivity index (χ2v) is 7.93. The zero-order valence-electron chi connectivity index (χ0n) is 16.9. The first-order chi connectivity index (χ1) is 15.1. The van der Waals surface area contributed by atoms with Crippen LogP contribution in [0.15, 0.2) is 59.4 Å². The molecular weight excluding hydrogens is 417 g/mol. The van der Waals surface area contributed by atoms with Crippen molar-refractivity contribution in [2.45, 2.75) is 13.0 Å². The van der Waals surface area contributed by atoms with E-state index in [4.69, 9.17) is 4.74 Å². The van der Waals surface area contributed by atoms with E-state index < -0.39 is 5.82 Å². The Morgan fingerprint density at radius 3 is 2.52 bits per heavy atom. The molecule has 0 saturated carbocycles. The first kappa shape index (κ1) is 21.0. The minimum atomic E-state index is -0.529. The number of benzene rings is 2. The van der Waals surface area contributed by atoms with E-state index in [0.717, 1.165) is 5.69 Å². The largest absolute Gasteiger partial charge is 0.487 e. The Labute approximate surface area is 183 Å². The Morgan fingerprint density at radius 1 is 1.00 bits per heavy atom. The number of hydrogen-bond acceptors (Lipinski definition) is 5. The molecule has 1 saturated heterocycles. The number of rotatable bonds is 5. The van der Waals surface area contributed by atoms with Gasteiger partial charge in [0.05, 0.1) is 16.8 Å². The van der Waals surface area contributed by atoms with Crippen molar-refractivity contribution < 1.29 is 18.7 Å². The number of ether oxygens (including phenoxy) is 1. The normalized spacial score (nSPS) is 14.2. The molecule has 2 heterocycles. The first-order valence-electron chi connectivity index (χ1n) is 10.0. The molecule has 1 fully saturated rings. The van der Waals surface area contributed by atoms with Crippen molar-refractivity contribution in [3.05, 3.63) is 82.1 Å². The lowest BCUT2D eigenvalue weighted by Crippen LogP contribution is -2.37. The summed E-state index contributed by atoms with van der Waals surface area (Å²) in [6.07, 6.45) is 0.631. The Kier molecular flexibility index (Phi) is 6.57. The van der Waals surface area contributed by atoms with Crippen molar-refractivity contribution in [2.75, 3.05) is 26.2 Å². The van der Waals surface area contributed by atoms with Gasteiger partial charge in [0, 0.05) is 37.1 Å². The first-order valence-corrected chi connectivity index (χ1v) is 11.0. The van der Waals surface area contributed by atoms with Crippen LogP contribution in [0.2, 0.25) is 0 Å². The summed E-state index contributed by atoms with van der Waals surface area (Å²) in [4.78, 5) is 33.3. The van der Waals surface area contributed by atoms with Crippen LogP contribution in [0.4, 0.5) is 4.39 Å². The lowest BCUT2D eigenvalue weighted by atomic mass is 10.2. The third-order valence-corrected chi connectivity index (χ3v) is 5.76. The summed E-state index contributed by atoms with van der Waals surface area (Å²) in [5.41, 5.74) is 3.18. The van der Waals surface area contributed by atoms with Crippen molar-refractivity contribution in [1.29, 1.82) is 0 Å². The van der Waals surface area contributed by atoms with Crippen LogP contribution in [0.1, 0.15) is 32.8 Å². The molecule has 4 rings (SSSR count). The van der Waals surface area contributed by atoms with Gasteiger partial charge in [0.2, 0.25) is 0 Å². The van der Waals surface area contributed by atoms with E-state index in [-0.39, 0.29) is 17.4 Å². The van der Waals surface area contributed by atoms with Gasteiger partial charge in [0.15, 0.2) is 0 Å². The van der Waals surface area contributed by atoms with E-state index in [9.17, 15) is 14.0 Å². The minimum absolute atomic E-state index is 0.0623. The quantitative estimate of drug-likeness (QED) is 0.606. The molecule has 0 spiro atoms. The van der Waals surface area contributed by atoms with E-state index >= 15 is 0 Å². The summed E-state index contributed by atoms with van der Waals surface area (Å²) in [6.45, 7) is 2.11. The molecule has 0 aliphatic carbocycles. The topological polar surface area (TPSA) is 62.7 Å². The van der Waals surface area contributed by atoms with Crippen LogP contribution in [0, 0.1) is 5.82 Å². The summed E-state index contributed by atoms with van der Waals surface area (Å²) in [6, 6.07) is 13.0. The fourth-order valence-electron chi connectivity index (χ4n) is 3.50. The monoisotopic (exact) mass is 439 g/mol. The molecule has 0 bridgehead atoms. The summed E-state index contributed by atoms with van der Waals surface area (Å²) in [5, 5.41) is 1.92. The third kappa shape index (κ3) is 5.08. The molecule has 0 radical (unpaired) electrons. The molecule has 0 N–H and O–H groups in total. The highest BCUT2D eigenvalue weighted by Crippen LogP contribution is 2.18. The number of aromatic nitrogens is 1. The maximum Gasteiger partial charge on any atom is 0.256 e. The molecule has 3 aromatic rings. The molecule has 2 amide bonds. The maximum atomic E-state index is 14.0. The van der Waals surface area contributed by atoms with Crippen molar-refractivity contribution in [3.63, 3.8) is 0 Å². The number of halogens is 1. The number of thiazole rings is 1. The molecule has 2 aromatic carbocycles. The SMILES string of the molecule is O=C(c1cccc(OCc2cscn2)c1)N1CCCN(C(=O)c2ccccc2F)CC1. The van der Waals surface area contributed by atoms with Gasteiger partial charge in [0.1, 0.15) is 18.2 Å².